The van der Waals surface area contributed by atoms with Crippen molar-refractivity contribution in [1.29, 1.82) is 0 Å². The van der Waals surface area contributed by atoms with Gasteiger partial charge in [0.15, 0.2) is 5.78 Å². The molecule has 21 heavy (non-hydrogen) atoms. The van der Waals surface area contributed by atoms with Gasteiger partial charge in [0.1, 0.15) is 0 Å². The summed E-state index contributed by atoms with van der Waals surface area (Å²) >= 11 is 0. The van der Waals surface area contributed by atoms with Crippen LogP contribution in [0.1, 0.15) is 21.5 Å². The van der Waals surface area contributed by atoms with E-state index in [2.05, 4.69) is 9.97 Å². The minimum absolute atomic E-state index is 0.0865. The molecular weight excluding hydrogens is 268 g/mol. The summed E-state index contributed by atoms with van der Waals surface area (Å²) in [5.74, 6) is 0.270. The van der Waals surface area contributed by atoms with Gasteiger partial charge in [0.2, 0.25) is 5.88 Å². The van der Waals surface area contributed by atoms with E-state index in [1.165, 1.54) is 20.3 Å². The molecule has 0 aliphatic rings. The van der Waals surface area contributed by atoms with Crippen molar-refractivity contribution in [2.75, 3.05) is 14.2 Å². The van der Waals surface area contributed by atoms with Crippen molar-refractivity contribution in [3.8, 4) is 11.9 Å². The highest BCUT2D eigenvalue weighted by molar-refractivity contribution is 6.07. The molecule has 1 aromatic heterocycles. The highest BCUT2D eigenvalue weighted by Gasteiger charge is 2.07. The topological polar surface area (TPSA) is 61.3 Å². The lowest BCUT2D eigenvalue weighted by Crippen LogP contribution is -1.98. The summed E-state index contributed by atoms with van der Waals surface area (Å²) in [6.45, 7) is 1.95. The fourth-order valence-electron chi connectivity index (χ4n) is 1.80. The minimum atomic E-state index is -0.0865. The first-order chi connectivity index (χ1) is 10.1. The van der Waals surface area contributed by atoms with Crippen LogP contribution >= 0.6 is 0 Å². The predicted octanol–water partition coefficient (Wildman–Crippen LogP) is 2.70. The van der Waals surface area contributed by atoms with Gasteiger partial charge in [-0.2, -0.15) is 4.98 Å². The maximum Gasteiger partial charge on any atom is 0.319 e. The van der Waals surface area contributed by atoms with Crippen molar-refractivity contribution in [2.24, 2.45) is 0 Å². The van der Waals surface area contributed by atoms with Crippen LogP contribution in [0.4, 0.5) is 0 Å². The number of methoxy groups -OCH3 is 2. The maximum atomic E-state index is 12.1. The zero-order chi connectivity index (χ0) is 15.2. The van der Waals surface area contributed by atoms with Gasteiger partial charge in [0, 0.05) is 11.8 Å². The molecule has 2 rings (SSSR count). The number of ether oxygens (including phenoxy) is 2. The SMILES string of the molecule is COc1ncc(/C=C/C(=O)c2cccc(C)c2)c(OC)n1. The quantitative estimate of drug-likeness (QED) is 0.624. The van der Waals surface area contributed by atoms with Crippen LogP contribution in [0.25, 0.3) is 6.08 Å². The maximum absolute atomic E-state index is 12.1. The van der Waals surface area contributed by atoms with Gasteiger partial charge >= 0.3 is 6.01 Å². The van der Waals surface area contributed by atoms with E-state index in [9.17, 15) is 4.79 Å². The van der Waals surface area contributed by atoms with E-state index in [4.69, 9.17) is 9.47 Å². The van der Waals surface area contributed by atoms with Crippen LogP contribution in [0.3, 0.4) is 0 Å². The molecule has 0 saturated heterocycles. The molecule has 1 aromatic carbocycles. The highest BCUT2D eigenvalue weighted by atomic mass is 16.5. The molecule has 108 valence electrons. The molecule has 0 aliphatic heterocycles. The van der Waals surface area contributed by atoms with Gasteiger partial charge in [-0.25, -0.2) is 4.98 Å². The van der Waals surface area contributed by atoms with Gasteiger partial charge < -0.3 is 9.47 Å². The summed E-state index contributed by atoms with van der Waals surface area (Å²) in [7, 11) is 2.98. The standard InChI is InChI=1S/C16H16N2O3/c1-11-5-4-6-12(9-11)14(19)8-7-13-10-17-16(21-3)18-15(13)20-2/h4-10H,1-3H3/b8-7+. The molecule has 0 amide bonds. The van der Waals surface area contributed by atoms with Gasteiger partial charge in [0.25, 0.3) is 0 Å². The third-order valence-corrected chi connectivity index (χ3v) is 2.85. The summed E-state index contributed by atoms with van der Waals surface area (Å²) in [5, 5.41) is 0. The number of aryl methyl sites for hydroxylation is 1. The molecule has 0 saturated carbocycles. The Kier molecular flexibility index (Phi) is 4.66. The second-order valence-corrected chi connectivity index (χ2v) is 4.39. The largest absolute Gasteiger partial charge is 0.480 e. The Labute approximate surface area is 123 Å². The van der Waals surface area contributed by atoms with Crippen molar-refractivity contribution >= 4 is 11.9 Å². The first-order valence-corrected chi connectivity index (χ1v) is 6.38. The Hall–Kier alpha value is -2.69. The zero-order valence-electron chi connectivity index (χ0n) is 12.2. The van der Waals surface area contributed by atoms with Gasteiger partial charge in [0.05, 0.1) is 19.8 Å². The van der Waals surface area contributed by atoms with E-state index in [1.807, 2.05) is 25.1 Å². The highest BCUT2D eigenvalue weighted by Crippen LogP contribution is 2.18. The third-order valence-electron chi connectivity index (χ3n) is 2.85. The number of hydrogen-bond donors (Lipinski definition) is 0. The Bertz CT molecular complexity index is 681. The number of carbonyl (C=O) groups is 1. The normalized spacial score (nSPS) is 10.6. The Morgan fingerprint density at radius 1 is 1.24 bits per heavy atom. The number of rotatable bonds is 5. The molecule has 0 aliphatic carbocycles. The van der Waals surface area contributed by atoms with Crippen LogP contribution in [-0.2, 0) is 0 Å². The van der Waals surface area contributed by atoms with E-state index in [-0.39, 0.29) is 11.8 Å². The van der Waals surface area contributed by atoms with Gasteiger partial charge in [-0.15, -0.1) is 0 Å². The van der Waals surface area contributed by atoms with Crippen LogP contribution in [0.15, 0.2) is 36.5 Å². The number of ketones is 1. The molecule has 5 nitrogen and oxygen atoms in total. The smallest absolute Gasteiger partial charge is 0.319 e. The molecule has 5 heteroatoms. The minimum Gasteiger partial charge on any atom is -0.480 e. The molecular formula is C16H16N2O3. The average Bonchev–Trinajstić information content (AvgIpc) is 2.52. The molecule has 0 fully saturated rings. The van der Waals surface area contributed by atoms with Crippen LogP contribution in [0.2, 0.25) is 0 Å². The number of aromatic nitrogens is 2. The lowest BCUT2D eigenvalue weighted by atomic mass is 10.1. The van der Waals surface area contributed by atoms with Crippen LogP contribution in [-0.4, -0.2) is 30.0 Å². The van der Waals surface area contributed by atoms with Gasteiger partial charge in [-0.3, -0.25) is 4.79 Å². The third kappa shape index (κ3) is 3.66. The van der Waals surface area contributed by atoms with E-state index in [0.29, 0.717) is 17.0 Å². The number of carbonyl (C=O) groups excluding carboxylic acids is 1. The van der Waals surface area contributed by atoms with Crippen molar-refractivity contribution in [3.05, 3.63) is 53.2 Å². The molecule has 0 unspecified atom stereocenters. The lowest BCUT2D eigenvalue weighted by Gasteiger charge is -2.04. The Balaban J connectivity index is 2.23. The summed E-state index contributed by atoms with van der Waals surface area (Å²) in [5.41, 5.74) is 2.29. The summed E-state index contributed by atoms with van der Waals surface area (Å²) in [6, 6.07) is 7.64. The van der Waals surface area contributed by atoms with Crippen molar-refractivity contribution in [1.82, 2.24) is 9.97 Å². The molecule has 1 heterocycles. The fourth-order valence-corrected chi connectivity index (χ4v) is 1.80. The Morgan fingerprint density at radius 2 is 2.05 bits per heavy atom. The fraction of sp³-hybridized carbons (Fsp3) is 0.188. The second kappa shape index (κ2) is 6.65. The van der Waals surface area contributed by atoms with Gasteiger partial charge in [-0.1, -0.05) is 23.8 Å². The number of hydrogen-bond acceptors (Lipinski definition) is 5. The average molecular weight is 284 g/mol. The first kappa shape index (κ1) is 14.7. The zero-order valence-corrected chi connectivity index (χ0v) is 12.2. The number of allylic oxidation sites excluding steroid dienone is 1. The van der Waals surface area contributed by atoms with Crippen LogP contribution in [0, 0.1) is 6.92 Å². The van der Waals surface area contributed by atoms with E-state index >= 15 is 0 Å². The van der Waals surface area contributed by atoms with Gasteiger partial charge in [-0.05, 0) is 25.1 Å². The Morgan fingerprint density at radius 3 is 2.71 bits per heavy atom. The molecule has 2 aromatic rings. The summed E-state index contributed by atoms with van der Waals surface area (Å²) < 4.78 is 10.1. The van der Waals surface area contributed by atoms with E-state index in [1.54, 1.807) is 18.3 Å². The van der Waals surface area contributed by atoms with E-state index in [0.717, 1.165) is 5.56 Å². The summed E-state index contributed by atoms with van der Waals surface area (Å²) in [6.07, 6.45) is 4.65. The van der Waals surface area contributed by atoms with Crippen LogP contribution < -0.4 is 9.47 Å². The van der Waals surface area contributed by atoms with Crippen molar-refractivity contribution in [3.63, 3.8) is 0 Å². The first-order valence-electron chi connectivity index (χ1n) is 6.38. The molecule has 0 N–H and O–H groups in total. The predicted molar refractivity (Wildman–Crippen MR) is 79.7 cm³/mol. The molecule has 0 atom stereocenters. The lowest BCUT2D eigenvalue weighted by molar-refractivity contribution is 0.104. The molecule has 0 spiro atoms. The molecule has 0 bridgehead atoms. The number of nitrogens with zero attached hydrogens (tertiary/aromatic N) is 2. The second-order valence-electron chi connectivity index (χ2n) is 4.39. The van der Waals surface area contributed by atoms with E-state index < -0.39 is 0 Å². The summed E-state index contributed by atoms with van der Waals surface area (Å²) in [4.78, 5) is 20.2. The van der Waals surface area contributed by atoms with Crippen LogP contribution in [0.5, 0.6) is 11.9 Å². The monoisotopic (exact) mass is 284 g/mol. The molecule has 0 radical (unpaired) electrons. The number of benzene rings is 1. The van der Waals surface area contributed by atoms with Crippen molar-refractivity contribution in [2.45, 2.75) is 6.92 Å². The van der Waals surface area contributed by atoms with Crippen molar-refractivity contribution < 1.29 is 14.3 Å².